The Morgan fingerprint density at radius 3 is 2.42 bits per heavy atom. The quantitative estimate of drug-likeness (QED) is 0.0607. The number of hydrogen-bond donors (Lipinski definition) is 2. The molecule has 12 nitrogen and oxygen atoms in total. The molecule has 11 atom stereocenters. The number of aliphatic hydroxyl groups excluding tert-OH is 2. The van der Waals surface area contributed by atoms with Crippen molar-refractivity contribution in [3.8, 4) is 11.5 Å². The zero-order chi connectivity index (χ0) is 42.9. The Labute approximate surface area is 366 Å². The summed E-state index contributed by atoms with van der Waals surface area (Å²) in [5, 5.41) is 23.3. The van der Waals surface area contributed by atoms with Gasteiger partial charge in [0.25, 0.3) is 0 Å². The molecule has 13 heteroatoms. The molecule has 6 aliphatic rings. The van der Waals surface area contributed by atoms with Gasteiger partial charge in [-0.15, -0.1) is 0 Å². The van der Waals surface area contributed by atoms with E-state index in [0.717, 1.165) is 95.4 Å². The number of hydrogen-bond acceptors (Lipinski definition) is 13. The SMILES string of the molecule is C=CC(=O)OCCC1C2CCN3C(C(O)c4ccnc5ccc(OCC6CN7C(C(OC(=O)C(=C)C)c8ccnc9ccc(OC)cc89)CC78C(CCSCCO)C68)cc45)CC123. The summed E-state index contributed by atoms with van der Waals surface area (Å²) in [4.78, 5) is 39.3. The number of ether oxygens (including phenoxy) is 4. The van der Waals surface area contributed by atoms with E-state index in [1.807, 2.05) is 48.5 Å². The number of methoxy groups -OCH3 is 1. The number of benzene rings is 2. The number of fused-ring (bicyclic) bond motifs is 2. The first-order chi connectivity index (χ1) is 30.1. The highest BCUT2D eigenvalue weighted by atomic mass is 32.2. The summed E-state index contributed by atoms with van der Waals surface area (Å²) in [5.41, 5.74) is 3.90. The van der Waals surface area contributed by atoms with Gasteiger partial charge in [-0.3, -0.25) is 19.8 Å². The third-order valence-electron chi connectivity index (χ3n) is 15.5. The molecular weight excluding hydrogens is 805 g/mol. The maximum atomic E-state index is 13.3. The summed E-state index contributed by atoms with van der Waals surface area (Å²) in [5.74, 6) is 4.65. The minimum atomic E-state index is -0.670. The van der Waals surface area contributed by atoms with Crippen molar-refractivity contribution in [3.05, 3.63) is 96.9 Å². The van der Waals surface area contributed by atoms with Crippen LogP contribution < -0.4 is 9.47 Å². The molecule has 4 aromatic rings. The molecule has 62 heavy (non-hydrogen) atoms. The summed E-state index contributed by atoms with van der Waals surface area (Å²) in [6.45, 7) is 12.0. The van der Waals surface area contributed by atoms with Crippen LogP contribution in [0.5, 0.6) is 11.5 Å². The predicted molar refractivity (Wildman–Crippen MR) is 237 cm³/mol. The van der Waals surface area contributed by atoms with Crippen molar-refractivity contribution >= 4 is 45.5 Å². The van der Waals surface area contributed by atoms with E-state index in [4.69, 9.17) is 18.9 Å². The monoisotopic (exact) mass is 860 g/mol. The highest BCUT2D eigenvalue weighted by molar-refractivity contribution is 7.99. The summed E-state index contributed by atoms with van der Waals surface area (Å²) < 4.78 is 24.0. The molecule has 0 amide bonds. The van der Waals surface area contributed by atoms with Crippen LogP contribution in [0.1, 0.15) is 62.4 Å². The molecule has 2 spiro atoms. The third kappa shape index (κ3) is 6.64. The Kier molecular flexibility index (Phi) is 10.9. The van der Waals surface area contributed by atoms with Crippen molar-refractivity contribution < 1.29 is 38.7 Å². The average Bonchev–Trinajstić information content (AvgIpc) is 4.07. The number of esters is 2. The summed E-state index contributed by atoms with van der Waals surface area (Å²) in [6, 6.07) is 15.7. The van der Waals surface area contributed by atoms with E-state index in [-0.39, 0.29) is 41.7 Å². The van der Waals surface area contributed by atoms with E-state index < -0.39 is 18.2 Å². The number of thioether (sulfide) groups is 1. The summed E-state index contributed by atoms with van der Waals surface area (Å²) in [7, 11) is 1.65. The fourth-order valence-corrected chi connectivity index (χ4v) is 13.6. The Morgan fingerprint density at radius 1 is 0.952 bits per heavy atom. The molecule has 4 aliphatic heterocycles. The molecule has 2 aromatic heterocycles. The normalized spacial score (nSPS) is 31.1. The highest BCUT2D eigenvalue weighted by Gasteiger charge is 2.80. The molecular formula is C49H56N4O8S. The molecule has 4 saturated heterocycles. The van der Waals surface area contributed by atoms with E-state index in [9.17, 15) is 19.8 Å². The van der Waals surface area contributed by atoms with E-state index in [1.165, 1.54) is 6.08 Å². The van der Waals surface area contributed by atoms with Gasteiger partial charge in [0.1, 0.15) is 17.6 Å². The van der Waals surface area contributed by atoms with Gasteiger partial charge in [0, 0.05) is 75.7 Å². The van der Waals surface area contributed by atoms with E-state index in [0.29, 0.717) is 48.2 Å². The van der Waals surface area contributed by atoms with Gasteiger partial charge >= 0.3 is 11.9 Å². The van der Waals surface area contributed by atoms with E-state index in [1.54, 1.807) is 38.2 Å². The van der Waals surface area contributed by atoms with E-state index >= 15 is 0 Å². The Morgan fingerprint density at radius 2 is 1.68 bits per heavy atom. The second-order valence-corrected chi connectivity index (χ2v) is 19.5. The largest absolute Gasteiger partial charge is 0.497 e. The Hall–Kier alpha value is -4.53. The van der Waals surface area contributed by atoms with Gasteiger partial charge in [0.15, 0.2) is 0 Å². The standard InChI is InChI=1S/C49H56N4O8S/c1-5-43(55)59-19-13-37-36-12-17-52-41(24-48(36,37)52)45(56)32-10-15-50-39-9-7-31(23-34(32)39)60-27-29-26-53-42(25-49(53)38(44(29)49)14-20-62-21-18-54)46(61-47(57)28(2)3)33-11-16-51-40-8-6-30(58-4)22-35(33)40/h5-11,15-16,22-23,29,36-38,41-42,44-46,54,56H,1-2,12-14,17-21,24-27H2,3-4H3. The minimum Gasteiger partial charge on any atom is -0.497 e. The number of aliphatic hydroxyl groups is 2. The van der Waals surface area contributed by atoms with Gasteiger partial charge < -0.3 is 29.2 Å². The second-order valence-electron chi connectivity index (χ2n) is 18.3. The Balaban J connectivity index is 0.866. The molecule has 6 fully saturated rings. The molecule has 2 N–H and O–H groups in total. The first kappa shape index (κ1) is 41.5. The van der Waals surface area contributed by atoms with Gasteiger partial charge in [-0.25, -0.2) is 9.59 Å². The van der Waals surface area contributed by atoms with Crippen molar-refractivity contribution in [1.82, 2.24) is 19.8 Å². The lowest BCUT2D eigenvalue weighted by molar-refractivity contribution is -0.156. The lowest BCUT2D eigenvalue weighted by Gasteiger charge is -2.51. The van der Waals surface area contributed by atoms with Crippen molar-refractivity contribution in [2.45, 2.75) is 74.4 Å². The molecule has 0 bridgehead atoms. The van der Waals surface area contributed by atoms with Crippen molar-refractivity contribution in [2.24, 2.45) is 29.6 Å². The average molecular weight is 861 g/mol. The number of rotatable bonds is 19. The van der Waals surface area contributed by atoms with Crippen LogP contribution in [0.2, 0.25) is 0 Å². The van der Waals surface area contributed by atoms with Crippen LogP contribution in [0, 0.1) is 29.6 Å². The maximum Gasteiger partial charge on any atom is 0.333 e. The molecule has 2 saturated carbocycles. The zero-order valence-electron chi connectivity index (χ0n) is 35.5. The molecule has 2 aliphatic carbocycles. The minimum absolute atomic E-state index is 0.0166. The second kappa shape index (κ2) is 16.2. The van der Waals surface area contributed by atoms with Gasteiger partial charge in [-0.1, -0.05) is 13.2 Å². The van der Waals surface area contributed by atoms with Crippen LogP contribution in [0.3, 0.4) is 0 Å². The van der Waals surface area contributed by atoms with E-state index in [2.05, 4.69) is 32.9 Å². The smallest absolute Gasteiger partial charge is 0.333 e. The number of carbonyl (C=O) groups is 2. The number of aromatic nitrogens is 2. The fraction of sp³-hybridized carbons (Fsp3) is 0.510. The van der Waals surface area contributed by atoms with Gasteiger partial charge in [-0.05, 0) is 129 Å². The zero-order valence-corrected chi connectivity index (χ0v) is 36.3. The van der Waals surface area contributed by atoms with Crippen LogP contribution in [0.4, 0.5) is 0 Å². The first-order valence-electron chi connectivity index (χ1n) is 22.1. The van der Waals surface area contributed by atoms with Crippen LogP contribution in [-0.4, -0.2) is 117 Å². The molecule has 6 heterocycles. The number of carbonyl (C=O) groups excluding carboxylic acids is 2. The van der Waals surface area contributed by atoms with Gasteiger partial charge in [0.2, 0.25) is 0 Å². The van der Waals surface area contributed by atoms with Crippen molar-refractivity contribution in [1.29, 1.82) is 0 Å². The highest BCUT2D eigenvalue weighted by Crippen LogP contribution is 2.74. The van der Waals surface area contributed by atoms with Crippen LogP contribution in [-0.2, 0) is 19.1 Å². The lowest BCUT2D eigenvalue weighted by Crippen LogP contribution is -2.60. The Bertz CT molecular complexity index is 2430. The topological polar surface area (TPSA) is 144 Å². The lowest BCUT2D eigenvalue weighted by atomic mass is 9.82. The van der Waals surface area contributed by atoms with Crippen LogP contribution in [0.25, 0.3) is 21.8 Å². The molecule has 10 rings (SSSR count). The van der Waals surface area contributed by atoms with Crippen LogP contribution in [0.15, 0.2) is 85.7 Å². The molecule has 11 unspecified atom stereocenters. The maximum absolute atomic E-state index is 13.3. The summed E-state index contributed by atoms with van der Waals surface area (Å²) >= 11 is 1.79. The molecule has 0 radical (unpaired) electrons. The van der Waals surface area contributed by atoms with Crippen molar-refractivity contribution in [2.75, 3.05) is 51.5 Å². The van der Waals surface area contributed by atoms with Gasteiger partial charge in [-0.2, -0.15) is 11.8 Å². The summed E-state index contributed by atoms with van der Waals surface area (Å²) in [6.07, 6.45) is 8.41. The van der Waals surface area contributed by atoms with Gasteiger partial charge in [0.05, 0.1) is 50.1 Å². The molecule has 2 aromatic carbocycles. The van der Waals surface area contributed by atoms with Crippen molar-refractivity contribution in [3.63, 3.8) is 0 Å². The fourth-order valence-electron chi connectivity index (χ4n) is 12.9. The first-order valence-corrected chi connectivity index (χ1v) is 23.3. The van der Waals surface area contributed by atoms with Crippen LogP contribution >= 0.6 is 11.8 Å². The number of pyridine rings is 2. The number of piperidine rings is 2. The third-order valence-corrected chi connectivity index (χ3v) is 16.5. The molecule has 326 valence electrons. The number of nitrogens with zero attached hydrogens (tertiary/aromatic N) is 4. The predicted octanol–water partition coefficient (Wildman–Crippen LogP) is 6.45.